The molecule has 0 saturated heterocycles. The number of aromatic nitrogens is 3. The Bertz CT molecular complexity index is 941. The third kappa shape index (κ3) is 5.23. The van der Waals surface area contributed by atoms with Crippen LogP contribution >= 0.6 is 27.7 Å². The number of thioether (sulfide) groups is 1. The highest BCUT2D eigenvalue weighted by atomic mass is 79.9. The van der Waals surface area contributed by atoms with Gasteiger partial charge < -0.3 is 15.1 Å². The van der Waals surface area contributed by atoms with Crippen molar-refractivity contribution in [1.82, 2.24) is 20.1 Å². The third-order valence-electron chi connectivity index (χ3n) is 3.68. The number of hydrogen-bond acceptors (Lipinski definition) is 6. The Morgan fingerprint density at radius 3 is 2.64 bits per heavy atom. The molecule has 0 saturated carbocycles. The maximum atomic E-state index is 12.1. The zero-order chi connectivity index (χ0) is 19.9. The van der Waals surface area contributed by atoms with Gasteiger partial charge in [-0.15, -0.1) is 10.2 Å². The van der Waals surface area contributed by atoms with E-state index in [0.717, 1.165) is 4.47 Å². The molecule has 2 N–H and O–H groups in total. The van der Waals surface area contributed by atoms with Gasteiger partial charge in [-0.3, -0.25) is 14.2 Å². The molecule has 10 heteroatoms. The van der Waals surface area contributed by atoms with E-state index in [-0.39, 0.29) is 24.1 Å². The van der Waals surface area contributed by atoms with E-state index < -0.39 is 0 Å². The van der Waals surface area contributed by atoms with Gasteiger partial charge in [0.2, 0.25) is 11.8 Å². The van der Waals surface area contributed by atoms with Gasteiger partial charge in [0.1, 0.15) is 0 Å². The van der Waals surface area contributed by atoms with Crippen LogP contribution < -0.4 is 10.6 Å². The van der Waals surface area contributed by atoms with Gasteiger partial charge >= 0.3 is 0 Å². The first-order chi connectivity index (χ1) is 13.6. The lowest BCUT2D eigenvalue weighted by Crippen LogP contribution is -2.33. The van der Waals surface area contributed by atoms with Gasteiger partial charge in [0, 0.05) is 16.7 Å². The normalized spacial score (nSPS) is 10.6. The molecule has 0 aliphatic heterocycles. The number of hydrogen-bond donors (Lipinski definition) is 2. The predicted octanol–water partition coefficient (Wildman–Crippen LogP) is 3.17. The largest absolute Gasteiger partial charge is 0.461 e. The van der Waals surface area contributed by atoms with Crippen molar-refractivity contribution in [2.24, 2.45) is 0 Å². The van der Waals surface area contributed by atoms with Crippen LogP contribution in [0.25, 0.3) is 11.6 Å². The number of carbonyl (C=O) groups is 2. The maximum Gasteiger partial charge on any atom is 0.243 e. The van der Waals surface area contributed by atoms with E-state index in [9.17, 15) is 9.59 Å². The van der Waals surface area contributed by atoms with E-state index in [1.807, 2.05) is 23.6 Å². The minimum atomic E-state index is -0.294. The van der Waals surface area contributed by atoms with E-state index in [1.165, 1.54) is 11.8 Å². The second kappa shape index (κ2) is 9.56. The summed E-state index contributed by atoms with van der Waals surface area (Å²) in [5.41, 5.74) is 0.665. The molecule has 28 heavy (non-hydrogen) atoms. The average Bonchev–Trinajstić information content (AvgIpc) is 3.35. The van der Waals surface area contributed by atoms with Crippen molar-refractivity contribution >= 4 is 45.2 Å². The number of anilines is 1. The lowest BCUT2D eigenvalue weighted by Gasteiger charge is -2.08. The molecular formula is C18H18BrN5O3S. The standard InChI is InChI=1S/C18H18BrN5O3S/c1-2-24-17(14-4-3-9-27-14)22-23-18(24)28-11-16(26)20-10-15(25)21-13-7-5-12(19)6-8-13/h3-9H,2,10-11H2,1H3,(H,20,26)(H,21,25). The maximum absolute atomic E-state index is 12.1. The van der Waals surface area contributed by atoms with Crippen molar-refractivity contribution < 1.29 is 14.0 Å². The molecule has 1 aromatic carbocycles. The van der Waals surface area contributed by atoms with Gasteiger partial charge in [0.25, 0.3) is 0 Å². The number of benzene rings is 1. The molecule has 3 aromatic rings. The highest BCUT2D eigenvalue weighted by Gasteiger charge is 2.16. The Hall–Kier alpha value is -2.59. The Labute approximate surface area is 174 Å². The first-order valence-corrected chi connectivity index (χ1v) is 10.3. The summed E-state index contributed by atoms with van der Waals surface area (Å²) >= 11 is 4.59. The van der Waals surface area contributed by atoms with Crippen molar-refractivity contribution in [1.29, 1.82) is 0 Å². The van der Waals surface area contributed by atoms with E-state index in [1.54, 1.807) is 30.5 Å². The van der Waals surface area contributed by atoms with Crippen LogP contribution in [0.1, 0.15) is 6.92 Å². The van der Waals surface area contributed by atoms with Crippen LogP contribution in [-0.2, 0) is 16.1 Å². The zero-order valence-corrected chi connectivity index (χ0v) is 17.4. The zero-order valence-electron chi connectivity index (χ0n) is 15.0. The topological polar surface area (TPSA) is 102 Å². The van der Waals surface area contributed by atoms with Crippen LogP contribution in [0, 0.1) is 0 Å². The molecule has 0 spiro atoms. The van der Waals surface area contributed by atoms with E-state index in [2.05, 4.69) is 36.8 Å². The third-order valence-corrected chi connectivity index (χ3v) is 5.18. The highest BCUT2D eigenvalue weighted by Crippen LogP contribution is 2.24. The lowest BCUT2D eigenvalue weighted by molar-refractivity contribution is -0.122. The van der Waals surface area contributed by atoms with Crippen molar-refractivity contribution in [2.75, 3.05) is 17.6 Å². The summed E-state index contributed by atoms with van der Waals surface area (Å²) in [6, 6.07) is 10.8. The molecule has 0 fully saturated rings. The van der Waals surface area contributed by atoms with E-state index in [0.29, 0.717) is 29.0 Å². The molecule has 8 nitrogen and oxygen atoms in total. The number of carbonyl (C=O) groups excluding carboxylic acids is 2. The van der Waals surface area contributed by atoms with E-state index >= 15 is 0 Å². The molecule has 3 rings (SSSR count). The molecular weight excluding hydrogens is 446 g/mol. The van der Waals surface area contributed by atoms with Gasteiger partial charge in [-0.2, -0.15) is 0 Å². The van der Waals surface area contributed by atoms with Crippen LogP contribution in [0.4, 0.5) is 5.69 Å². The van der Waals surface area contributed by atoms with Crippen LogP contribution in [0.2, 0.25) is 0 Å². The molecule has 146 valence electrons. The summed E-state index contributed by atoms with van der Waals surface area (Å²) in [6.07, 6.45) is 1.57. The number of halogens is 1. The van der Waals surface area contributed by atoms with Gasteiger partial charge in [-0.05, 0) is 43.3 Å². The summed E-state index contributed by atoms with van der Waals surface area (Å²) in [5, 5.41) is 14.2. The number of furan rings is 1. The molecule has 0 unspecified atom stereocenters. The number of nitrogens with one attached hydrogen (secondary N) is 2. The quantitative estimate of drug-likeness (QED) is 0.497. The Morgan fingerprint density at radius 1 is 1.18 bits per heavy atom. The van der Waals surface area contributed by atoms with Gasteiger partial charge in [-0.1, -0.05) is 27.7 Å². The SMILES string of the molecule is CCn1c(SCC(=O)NCC(=O)Nc2ccc(Br)cc2)nnc1-c1ccco1. The minimum Gasteiger partial charge on any atom is -0.461 e. The Morgan fingerprint density at radius 2 is 1.96 bits per heavy atom. The number of nitrogens with zero attached hydrogens (tertiary/aromatic N) is 3. The summed E-state index contributed by atoms with van der Waals surface area (Å²) in [7, 11) is 0. The van der Waals surface area contributed by atoms with Crippen LogP contribution in [0.3, 0.4) is 0 Å². The molecule has 2 amide bonds. The summed E-state index contributed by atoms with van der Waals surface area (Å²) in [5.74, 6) is 0.806. The fourth-order valence-corrected chi connectivity index (χ4v) is 3.46. The van der Waals surface area contributed by atoms with Gasteiger partial charge in [0.05, 0.1) is 18.6 Å². The van der Waals surface area contributed by atoms with Crippen LogP contribution in [0.5, 0.6) is 0 Å². The van der Waals surface area contributed by atoms with Gasteiger partial charge in [-0.25, -0.2) is 0 Å². The number of rotatable bonds is 8. The lowest BCUT2D eigenvalue weighted by atomic mass is 10.3. The fourth-order valence-electron chi connectivity index (χ4n) is 2.37. The second-order valence-electron chi connectivity index (χ2n) is 5.65. The highest BCUT2D eigenvalue weighted by molar-refractivity contribution is 9.10. The molecule has 0 aliphatic carbocycles. The van der Waals surface area contributed by atoms with Crippen molar-refractivity contribution in [3.63, 3.8) is 0 Å². The average molecular weight is 464 g/mol. The van der Waals surface area contributed by atoms with Crippen molar-refractivity contribution in [2.45, 2.75) is 18.6 Å². The van der Waals surface area contributed by atoms with Crippen molar-refractivity contribution in [3.8, 4) is 11.6 Å². The van der Waals surface area contributed by atoms with Crippen molar-refractivity contribution in [3.05, 3.63) is 47.1 Å². The predicted molar refractivity (Wildman–Crippen MR) is 110 cm³/mol. The summed E-state index contributed by atoms with van der Waals surface area (Å²) < 4.78 is 8.16. The first kappa shape index (κ1) is 20.2. The number of amides is 2. The Kier molecular flexibility index (Phi) is 6.88. The van der Waals surface area contributed by atoms with Gasteiger partial charge in [0.15, 0.2) is 16.7 Å². The first-order valence-electron chi connectivity index (χ1n) is 8.48. The molecule has 0 aliphatic rings. The minimum absolute atomic E-state index is 0.104. The summed E-state index contributed by atoms with van der Waals surface area (Å²) in [6.45, 7) is 2.50. The monoisotopic (exact) mass is 463 g/mol. The van der Waals surface area contributed by atoms with E-state index in [4.69, 9.17) is 4.42 Å². The summed E-state index contributed by atoms with van der Waals surface area (Å²) in [4.78, 5) is 24.0. The fraction of sp³-hybridized carbons (Fsp3) is 0.222. The molecule has 0 radical (unpaired) electrons. The van der Waals surface area contributed by atoms with Crippen LogP contribution in [-0.4, -0.2) is 38.9 Å². The van der Waals surface area contributed by atoms with Crippen LogP contribution in [0.15, 0.2) is 56.7 Å². The molecule has 2 aromatic heterocycles. The second-order valence-corrected chi connectivity index (χ2v) is 7.51. The molecule has 0 atom stereocenters. The Balaban J connectivity index is 1.48. The molecule has 0 bridgehead atoms. The molecule has 2 heterocycles. The smallest absolute Gasteiger partial charge is 0.243 e.